The molecule has 2 aromatic carbocycles. The molecule has 0 aliphatic carbocycles. The molecule has 2 amide bonds. The van der Waals surface area contributed by atoms with Crippen LogP contribution in [0, 0.1) is 0 Å². The normalized spacial score (nSPS) is 14.7. The van der Waals surface area contributed by atoms with Gasteiger partial charge < -0.3 is 29.5 Å². The van der Waals surface area contributed by atoms with Gasteiger partial charge in [0.05, 0.1) is 33.0 Å². The molecule has 8 heteroatoms. The van der Waals surface area contributed by atoms with Gasteiger partial charge in [-0.1, -0.05) is 30.3 Å². The van der Waals surface area contributed by atoms with Crippen LogP contribution in [0.3, 0.4) is 0 Å². The zero-order valence-corrected chi connectivity index (χ0v) is 17.1. The van der Waals surface area contributed by atoms with Gasteiger partial charge in [-0.25, -0.2) is 9.59 Å². The van der Waals surface area contributed by atoms with E-state index in [9.17, 15) is 14.7 Å². The summed E-state index contributed by atoms with van der Waals surface area (Å²) in [6, 6.07) is 11.6. The van der Waals surface area contributed by atoms with Crippen LogP contribution in [-0.2, 0) is 16.0 Å². The van der Waals surface area contributed by atoms with Crippen molar-refractivity contribution in [2.24, 2.45) is 0 Å². The second kappa shape index (κ2) is 9.98. The Hall–Kier alpha value is -3.26. The second-order valence-electron chi connectivity index (χ2n) is 6.88. The van der Waals surface area contributed by atoms with Crippen molar-refractivity contribution in [2.75, 3.05) is 40.5 Å². The summed E-state index contributed by atoms with van der Waals surface area (Å²) >= 11 is 0. The Balaban J connectivity index is 1.74. The van der Waals surface area contributed by atoms with E-state index in [0.717, 1.165) is 16.7 Å². The molecule has 1 aliphatic rings. The van der Waals surface area contributed by atoms with Gasteiger partial charge in [0, 0.05) is 19.5 Å². The predicted octanol–water partition coefficient (Wildman–Crippen LogP) is 2.41. The van der Waals surface area contributed by atoms with Crippen molar-refractivity contribution >= 4 is 12.0 Å². The predicted molar refractivity (Wildman–Crippen MR) is 111 cm³/mol. The molecule has 0 spiro atoms. The quantitative estimate of drug-likeness (QED) is 0.722. The lowest BCUT2D eigenvalue weighted by Crippen LogP contribution is -2.51. The smallest absolute Gasteiger partial charge is 0.326 e. The SMILES string of the molecule is COc1cccc(OC)c1-c1ccc(C[C@H](NC(=O)N2CCOCC2)C(=O)O)cc1. The number of morpholine rings is 1. The van der Waals surface area contributed by atoms with Crippen LogP contribution in [0.1, 0.15) is 5.56 Å². The van der Waals surface area contributed by atoms with Gasteiger partial charge in [-0.05, 0) is 23.3 Å². The zero-order chi connectivity index (χ0) is 21.5. The number of rotatable bonds is 7. The number of carboxylic acids is 1. The number of ether oxygens (including phenoxy) is 3. The van der Waals surface area contributed by atoms with Gasteiger partial charge in [-0.15, -0.1) is 0 Å². The van der Waals surface area contributed by atoms with Gasteiger partial charge in [0.25, 0.3) is 0 Å². The minimum absolute atomic E-state index is 0.175. The summed E-state index contributed by atoms with van der Waals surface area (Å²) in [5.41, 5.74) is 2.50. The second-order valence-corrected chi connectivity index (χ2v) is 6.88. The minimum atomic E-state index is -1.08. The number of carbonyl (C=O) groups excluding carboxylic acids is 1. The van der Waals surface area contributed by atoms with E-state index in [1.807, 2.05) is 42.5 Å². The molecule has 8 nitrogen and oxygen atoms in total. The molecule has 3 rings (SSSR count). The number of hydrogen-bond donors (Lipinski definition) is 2. The number of hydrogen-bond acceptors (Lipinski definition) is 5. The molecule has 2 N–H and O–H groups in total. The molecule has 1 atom stereocenters. The molecule has 30 heavy (non-hydrogen) atoms. The Morgan fingerprint density at radius 2 is 1.67 bits per heavy atom. The van der Waals surface area contributed by atoms with Crippen LogP contribution < -0.4 is 14.8 Å². The van der Waals surface area contributed by atoms with Gasteiger partial charge in [0.2, 0.25) is 0 Å². The first kappa shape index (κ1) is 21.4. The number of nitrogens with one attached hydrogen (secondary N) is 1. The third-order valence-corrected chi connectivity index (χ3v) is 5.00. The van der Waals surface area contributed by atoms with Gasteiger partial charge in [-0.3, -0.25) is 0 Å². The Bertz CT molecular complexity index is 855. The fourth-order valence-electron chi connectivity index (χ4n) is 3.39. The molecule has 1 fully saturated rings. The number of carboxylic acid groups (broad SMARTS) is 1. The number of methoxy groups -OCH3 is 2. The fourth-order valence-corrected chi connectivity index (χ4v) is 3.39. The van der Waals surface area contributed by atoms with Gasteiger partial charge in [0.15, 0.2) is 0 Å². The monoisotopic (exact) mass is 414 g/mol. The number of benzene rings is 2. The third kappa shape index (κ3) is 5.01. The Morgan fingerprint density at radius 3 is 2.20 bits per heavy atom. The van der Waals surface area contributed by atoms with Crippen LogP contribution in [0.25, 0.3) is 11.1 Å². The van der Waals surface area contributed by atoms with Crippen LogP contribution in [0.4, 0.5) is 4.79 Å². The molecule has 0 radical (unpaired) electrons. The molecule has 1 aliphatic heterocycles. The molecule has 2 aromatic rings. The highest BCUT2D eigenvalue weighted by Gasteiger charge is 2.24. The summed E-state index contributed by atoms with van der Waals surface area (Å²) in [6.45, 7) is 1.82. The maximum atomic E-state index is 12.4. The van der Waals surface area contributed by atoms with Crippen LogP contribution >= 0.6 is 0 Å². The molecule has 0 unspecified atom stereocenters. The van der Waals surface area contributed by atoms with E-state index < -0.39 is 12.0 Å². The lowest BCUT2D eigenvalue weighted by molar-refractivity contribution is -0.139. The summed E-state index contributed by atoms with van der Waals surface area (Å²) in [5.74, 6) is 0.290. The van der Waals surface area contributed by atoms with Crippen molar-refractivity contribution in [3.05, 3.63) is 48.0 Å². The number of aliphatic carboxylic acids is 1. The molecule has 160 valence electrons. The summed E-state index contributed by atoms with van der Waals surface area (Å²) in [6.07, 6.45) is 0.175. The first-order valence-electron chi connectivity index (χ1n) is 9.69. The van der Waals surface area contributed by atoms with Crippen molar-refractivity contribution in [1.29, 1.82) is 0 Å². The molecular formula is C22H26N2O6. The maximum Gasteiger partial charge on any atom is 0.326 e. The molecule has 1 saturated heterocycles. The van der Waals surface area contributed by atoms with Gasteiger partial charge >= 0.3 is 12.0 Å². The Labute approximate surface area is 175 Å². The topological polar surface area (TPSA) is 97.3 Å². The van der Waals surface area contributed by atoms with Crippen LogP contribution in [0.2, 0.25) is 0 Å². The minimum Gasteiger partial charge on any atom is -0.496 e. The standard InChI is InChI=1S/C22H26N2O6/c1-28-18-4-3-5-19(29-2)20(18)16-8-6-15(7-9-16)14-17(21(25)26)23-22(27)24-10-12-30-13-11-24/h3-9,17H,10-14H2,1-2H3,(H,23,27)(H,25,26)/t17-/m0/s1. The highest BCUT2D eigenvalue weighted by Crippen LogP contribution is 2.38. The Morgan fingerprint density at radius 1 is 1.07 bits per heavy atom. The van der Waals surface area contributed by atoms with Crippen LogP contribution in [0.5, 0.6) is 11.5 Å². The molecule has 0 saturated carbocycles. The molecule has 0 aromatic heterocycles. The fraction of sp³-hybridized carbons (Fsp3) is 0.364. The summed E-state index contributed by atoms with van der Waals surface area (Å²) in [7, 11) is 3.20. The maximum absolute atomic E-state index is 12.4. The molecular weight excluding hydrogens is 388 g/mol. The number of urea groups is 1. The van der Waals surface area contributed by atoms with E-state index in [-0.39, 0.29) is 12.5 Å². The first-order valence-corrected chi connectivity index (χ1v) is 9.69. The van der Waals surface area contributed by atoms with E-state index in [2.05, 4.69) is 5.32 Å². The number of carbonyl (C=O) groups is 2. The average Bonchev–Trinajstić information content (AvgIpc) is 2.79. The van der Waals surface area contributed by atoms with E-state index in [1.165, 1.54) is 0 Å². The molecule has 0 bridgehead atoms. The van der Waals surface area contributed by atoms with Crippen molar-refractivity contribution < 1.29 is 28.9 Å². The lowest BCUT2D eigenvalue weighted by atomic mass is 9.99. The highest BCUT2D eigenvalue weighted by atomic mass is 16.5. The van der Waals surface area contributed by atoms with E-state index in [1.54, 1.807) is 19.1 Å². The van der Waals surface area contributed by atoms with Crippen molar-refractivity contribution in [3.8, 4) is 22.6 Å². The third-order valence-electron chi connectivity index (χ3n) is 5.00. The summed E-state index contributed by atoms with van der Waals surface area (Å²) in [4.78, 5) is 25.6. The van der Waals surface area contributed by atoms with Crippen molar-refractivity contribution in [2.45, 2.75) is 12.5 Å². The Kier molecular flexibility index (Phi) is 7.13. The van der Waals surface area contributed by atoms with Gasteiger partial charge in [0.1, 0.15) is 17.5 Å². The summed E-state index contributed by atoms with van der Waals surface area (Å²) in [5, 5.41) is 12.2. The van der Waals surface area contributed by atoms with E-state index in [4.69, 9.17) is 14.2 Å². The van der Waals surface area contributed by atoms with Crippen molar-refractivity contribution in [1.82, 2.24) is 10.2 Å². The van der Waals surface area contributed by atoms with Crippen molar-refractivity contribution in [3.63, 3.8) is 0 Å². The number of amides is 2. The van der Waals surface area contributed by atoms with Crippen LogP contribution in [0.15, 0.2) is 42.5 Å². The lowest BCUT2D eigenvalue weighted by Gasteiger charge is -2.28. The van der Waals surface area contributed by atoms with Crippen LogP contribution in [-0.4, -0.2) is 68.6 Å². The van der Waals surface area contributed by atoms with Gasteiger partial charge in [-0.2, -0.15) is 0 Å². The van der Waals surface area contributed by atoms with E-state index in [0.29, 0.717) is 37.8 Å². The largest absolute Gasteiger partial charge is 0.496 e. The summed E-state index contributed by atoms with van der Waals surface area (Å²) < 4.78 is 16.1. The zero-order valence-electron chi connectivity index (χ0n) is 17.1. The first-order chi connectivity index (χ1) is 14.5. The highest BCUT2D eigenvalue weighted by molar-refractivity contribution is 5.83. The average molecular weight is 414 g/mol. The van der Waals surface area contributed by atoms with E-state index >= 15 is 0 Å². The molecule has 1 heterocycles. The number of nitrogens with zero attached hydrogens (tertiary/aromatic N) is 1.